The first-order valence-corrected chi connectivity index (χ1v) is 7.32. The molecular weight excluding hydrogens is 288 g/mol. The molecule has 0 radical (unpaired) electrons. The van der Waals surface area contributed by atoms with Crippen molar-refractivity contribution in [2.45, 2.75) is 26.3 Å². The molecule has 1 amide bonds. The molecule has 21 heavy (non-hydrogen) atoms. The number of aryl methyl sites for hydroxylation is 1. The van der Waals surface area contributed by atoms with Crippen LogP contribution in [0.1, 0.15) is 38.8 Å². The molecule has 6 heteroatoms. The molecule has 0 bridgehead atoms. The second-order valence-electron chi connectivity index (χ2n) is 4.74. The quantitative estimate of drug-likeness (QED) is 0.889. The maximum Gasteiger partial charge on any atom is 0.335 e. The van der Waals surface area contributed by atoms with Gasteiger partial charge in [-0.2, -0.15) is 0 Å². The second-order valence-corrected chi connectivity index (χ2v) is 6.00. The Balaban J connectivity index is 2.04. The Kier molecular flexibility index (Phi) is 4.70. The molecule has 0 fully saturated rings. The van der Waals surface area contributed by atoms with Crippen molar-refractivity contribution in [2.24, 2.45) is 0 Å². The monoisotopic (exact) mass is 304 g/mol. The van der Waals surface area contributed by atoms with E-state index in [1.54, 1.807) is 24.4 Å². The Morgan fingerprint density at radius 2 is 2.10 bits per heavy atom. The van der Waals surface area contributed by atoms with E-state index in [2.05, 4.69) is 10.3 Å². The third kappa shape index (κ3) is 3.88. The summed E-state index contributed by atoms with van der Waals surface area (Å²) in [5.74, 6) is -1.24. The SMILES string of the molecule is Cc1cnc(C(C)NC(=O)Cc2ccccc2C(=O)O)s1. The summed E-state index contributed by atoms with van der Waals surface area (Å²) in [4.78, 5) is 28.5. The Morgan fingerprint density at radius 3 is 2.71 bits per heavy atom. The molecule has 1 heterocycles. The van der Waals surface area contributed by atoms with Crippen molar-refractivity contribution in [1.82, 2.24) is 10.3 Å². The van der Waals surface area contributed by atoms with Crippen molar-refractivity contribution in [2.75, 3.05) is 0 Å². The summed E-state index contributed by atoms with van der Waals surface area (Å²) in [7, 11) is 0. The van der Waals surface area contributed by atoms with E-state index in [-0.39, 0.29) is 23.9 Å². The van der Waals surface area contributed by atoms with Gasteiger partial charge in [-0.3, -0.25) is 4.79 Å². The number of rotatable bonds is 5. The number of carboxylic acids is 1. The molecule has 0 aliphatic rings. The van der Waals surface area contributed by atoms with Gasteiger partial charge >= 0.3 is 5.97 Å². The summed E-state index contributed by atoms with van der Waals surface area (Å²) in [6.45, 7) is 3.82. The van der Waals surface area contributed by atoms with Gasteiger partial charge in [-0.15, -0.1) is 11.3 Å². The molecular formula is C15H16N2O3S. The largest absolute Gasteiger partial charge is 0.478 e. The Morgan fingerprint density at radius 1 is 1.38 bits per heavy atom. The van der Waals surface area contributed by atoms with Crippen LogP contribution in [0.4, 0.5) is 0 Å². The lowest BCUT2D eigenvalue weighted by Gasteiger charge is -2.12. The van der Waals surface area contributed by atoms with Gasteiger partial charge in [0.15, 0.2) is 0 Å². The van der Waals surface area contributed by atoms with Crippen molar-refractivity contribution >= 4 is 23.2 Å². The fourth-order valence-electron chi connectivity index (χ4n) is 1.98. The first-order valence-electron chi connectivity index (χ1n) is 6.50. The topological polar surface area (TPSA) is 79.3 Å². The lowest BCUT2D eigenvalue weighted by molar-refractivity contribution is -0.121. The van der Waals surface area contributed by atoms with Gasteiger partial charge in [-0.1, -0.05) is 18.2 Å². The van der Waals surface area contributed by atoms with Gasteiger partial charge in [0.2, 0.25) is 5.91 Å². The molecule has 1 atom stereocenters. The number of carboxylic acid groups (broad SMARTS) is 1. The molecule has 1 unspecified atom stereocenters. The number of aromatic nitrogens is 1. The predicted molar refractivity (Wildman–Crippen MR) is 80.5 cm³/mol. The highest BCUT2D eigenvalue weighted by atomic mass is 32.1. The number of amides is 1. The lowest BCUT2D eigenvalue weighted by atomic mass is 10.0. The molecule has 2 N–H and O–H groups in total. The molecule has 110 valence electrons. The first kappa shape index (κ1) is 15.2. The smallest absolute Gasteiger partial charge is 0.335 e. The normalized spacial score (nSPS) is 11.9. The summed E-state index contributed by atoms with van der Waals surface area (Å²) in [6, 6.07) is 6.34. The van der Waals surface area contributed by atoms with Crippen LogP contribution in [-0.4, -0.2) is 22.0 Å². The summed E-state index contributed by atoms with van der Waals surface area (Å²) >= 11 is 1.53. The van der Waals surface area contributed by atoms with Crippen LogP contribution in [0.15, 0.2) is 30.5 Å². The van der Waals surface area contributed by atoms with Crippen molar-refractivity contribution in [3.8, 4) is 0 Å². The minimum Gasteiger partial charge on any atom is -0.478 e. The van der Waals surface area contributed by atoms with E-state index in [9.17, 15) is 9.59 Å². The van der Waals surface area contributed by atoms with E-state index in [4.69, 9.17) is 5.11 Å². The zero-order valence-electron chi connectivity index (χ0n) is 11.8. The fraction of sp³-hybridized carbons (Fsp3) is 0.267. The second kappa shape index (κ2) is 6.49. The van der Waals surface area contributed by atoms with Gasteiger partial charge in [0, 0.05) is 11.1 Å². The highest BCUT2D eigenvalue weighted by molar-refractivity contribution is 7.11. The van der Waals surface area contributed by atoms with E-state index in [1.165, 1.54) is 17.4 Å². The molecule has 2 aromatic rings. The summed E-state index contributed by atoms with van der Waals surface area (Å²) in [5, 5.41) is 12.8. The molecule has 0 spiro atoms. The highest BCUT2D eigenvalue weighted by Gasteiger charge is 2.16. The van der Waals surface area contributed by atoms with Crippen LogP contribution in [-0.2, 0) is 11.2 Å². The predicted octanol–water partition coefficient (Wildman–Crippen LogP) is 2.57. The third-order valence-corrected chi connectivity index (χ3v) is 4.08. The van der Waals surface area contributed by atoms with E-state index in [0.29, 0.717) is 5.56 Å². The summed E-state index contributed by atoms with van der Waals surface area (Å²) < 4.78 is 0. The van der Waals surface area contributed by atoms with Gasteiger partial charge in [0.05, 0.1) is 18.0 Å². The standard InChI is InChI=1S/C15H16N2O3S/c1-9-8-16-14(21-9)10(2)17-13(18)7-11-5-3-4-6-12(11)15(19)20/h3-6,8,10H,7H2,1-2H3,(H,17,18)(H,19,20). The maximum atomic E-state index is 12.1. The number of aromatic carboxylic acids is 1. The number of carbonyl (C=O) groups excluding carboxylic acids is 1. The van der Waals surface area contributed by atoms with Crippen LogP contribution in [0, 0.1) is 6.92 Å². The van der Waals surface area contributed by atoms with Crippen molar-refractivity contribution in [1.29, 1.82) is 0 Å². The number of hydrogen-bond acceptors (Lipinski definition) is 4. The van der Waals surface area contributed by atoms with Crippen LogP contribution in [0.3, 0.4) is 0 Å². The molecule has 0 saturated carbocycles. The van der Waals surface area contributed by atoms with Crippen LogP contribution in [0.2, 0.25) is 0 Å². The van der Waals surface area contributed by atoms with Gasteiger partial charge < -0.3 is 10.4 Å². The Labute approximate surface area is 126 Å². The van der Waals surface area contributed by atoms with Crippen LogP contribution in [0.5, 0.6) is 0 Å². The molecule has 5 nitrogen and oxygen atoms in total. The Hall–Kier alpha value is -2.21. The molecule has 1 aromatic carbocycles. The molecule has 0 saturated heterocycles. The molecule has 0 aliphatic carbocycles. The van der Waals surface area contributed by atoms with E-state index >= 15 is 0 Å². The summed E-state index contributed by atoms with van der Waals surface area (Å²) in [6.07, 6.45) is 1.81. The minimum absolute atomic E-state index is 0.0389. The minimum atomic E-state index is -1.03. The van der Waals surface area contributed by atoms with Crippen LogP contribution < -0.4 is 5.32 Å². The molecule has 0 aliphatic heterocycles. The average Bonchev–Trinajstić information content (AvgIpc) is 2.85. The maximum absolute atomic E-state index is 12.1. The van der Waals surface area contributed by atoms with E-state index in [1.807, 2.05) is 13.8 Å². The summed E-state index contributed by atoms with van der Waals surface area (Å²) in [5.41, 5.74) is 0.662. The highest BCUT2D eigenvalue weighted by Crippen LogP contribution is 2.19. The average molecular weight is 304 g/mol. The fourth-order valence-corrected chi connectivity index (χ4v) is 2.76. The zero-order chi connectivity index (χ0) is 15.4. The Bertz CT molecular complexity index is 666. The number of thiazole rings is 1. The number of carbonyl (C=O) groups is 2. The van der Waals surface area contributed by atoms with Crippen molar-refractivity contribution in [3.05, 3.63) is 51.5 Å². The molecule has 1 aromatic heterocycles. The first-order chi connectivity index (χ1) is 9.97. The van der Waals surface area contributed by atoms with Crippen molar-refractivity contribution < 1.29 is 14.7 Å². The number of nitrogens with one attached hydrogen (secondary N) is 1. The molecule has 2 rings (SSSR count). The number of benzene rings is 1. The van der Waals surface area contributed by atoms with Gasteiger partial charge in [-0.25, -0.2) is 9.78 Å². The lowest BCUT2D eigenvalue weighted by Crippen LogP contribution is -2.28. The van der Waals surface area contributed by atoms with Crippen LogP contribution in [0.25, 0.3) is 0 Å². The number of nitrogens with zero attached hydrogens (tertiary/aromatic N) is 1. The zero-order valence-corrected chi connectivity index (χ0v) is 12.6. The third-order valence-electron chi connectivity index (χ3n) is 2.99. The van der Waals surface area contributed by atoms with E-state index in [0.717, 1.165) is 9.88 Å². The van der Waals surface area contributed by atoms with Gasteiger partial charge in [0.1, 0.15) is 5.01 Å². The number of hydrogen-bond donors (Lipinski definition) is 2. The van der Waals surface area contributed by atoms with Gasteiger partial charge in [-0.05, 0) is 25.5 Å². The van der Waals surface area contributed by atoms with Gasteiger partial charge in [0.25, 0.3) is 0 Å². The van der Waals surface area contributed by atoms with E-state index < -0.39 is 5.97 Å². The van der Waals surface area contributed by atoms with Crippen molar-refractivity contribution in [3.63, 3.8) is 0 Å². The van der Waals surface area contributed by atoms with Crippen LogP contribution >= 0.6 is 11.3 Å².